The molecule has 0 bridgehead atoms. The third-order valence-corrected chi connectivity index (χ3v) is 4.30. The second kappa shape index (κ2) is 8.05. The molecule has 0 saturated carbocycles. The first-order chi connectivity index (χ1) is 9.70. The van der Waals surface area contributed by atoms with Crippen LogP contribution in [0.5, 0.6) is 0 Å². The summed E-state index contributed by atoms with van der Waals surface area (Å²) in [5.41, 5.74) is 2.39. The number of ether oxygens (including phenoxy) is 2. The molecule has 6 nitrogen and oxygen atoms in total. The topological polar surface area (TPSA) is 56.8 Å². The molecule has 0 aliphatic carbocycles. The Labute approximate surface area is 131 Å². The SMILES string of the molecule is C=CC(=O)N[N+](CCC[SiH3])(OC)C(OC)(OC)C(C)(C)C. The van der Waals surface area contributed by atoms with Gasteiger partial charge in [-0.1, -0.05) is 12.6 Å². The second-order valence-corrected chi connectivity index (χ2v) is 6.92. The van der Waals surface area contributed by atoms with E-state index in [0.717, 1.165) is 22.7 Å². The fourth-order valence-electron chi connectivity index (χ4n) is 2.67. The van der Waals surface area contributed by atoms with Crippen LogP contribution in [0.25, 0.3) is 0 Å². The lowest BCUT2D eigenvalue weighted by Crippen LogP contribution is -2.77. The lowest BCUT2D eigenvalue weighted by molar-refractivity contribution is -1.20. The van der Waals surface area contributed by atoms with E-state index in [1.165, 1.54) is 13.2 Å². The van der Waals surface area contributed by atoms with Gasteiger partial charge in [0.25, 0.3) is 5.91 Å². The first-order valence-electron chi connectivity index (χ1n) is 7.19. The molecule has 21 heavy (non-hydrogen) atoms. The van der Waals surface area contributed by atoms with Crippen LogP contribution in [0.15, 0.2) is 12.7 Å². The molecule has 0 aromatic rings. The van der Waals surface area contributed by atoms with Crippen molar-refractivity contribution in [2.75, 3.05) is 27.9 Å². The highest BCUT2D eigenvalue weighted by molar-refractivity contribution is 6.08. The zero-order valence-corrected chi connectivity index (χ0v) is 16.5. The monoisotopic (exact) mass is 319 g/mol. The summed E-state index contributed by atoms with van der Waals surface area (Å²) in [4.78, 5) is 17.6. The number of quaternary nitrogens is 1. The van der Waals surface area contributed by atoms with Crippen molar-refractivity contribution >= 4 is 16.1 Å². The molecule has 0 aromatic heterocycles. The zero-order chi connectivity index (χ0) is 16.7. The summed E-state index contributed by atoms with van der Waals surface area (Å²) in [5.74, 6) is -1.52. The van der Waals surface area contributed by atoms with Crippen molar-refractivity contribution in [3.8, 4) is 0 Å². The van der Waals surface area contributed by atoms with Crippen LogP contribution in [-0.4, -0.2) is 54.7 Å². The van der Waals surface area contributed by atoms with Gasteiger partial charge in [0.1, 0.15) is 6.54 Å². The molecule has 0 rings (SSSR count). The number of nitrogens with one attached hydrogen (secondary N) is 1. The normalized spacial score (nSPS) is 15.5. The number of nitrogens with zero attached hydrogens (tertiary/aromatic N) is 1. The van der Waals surface area contributed by atoms with Gasteiger partial charge in [0.2, 0.25) is 0 Å². The highest BCUT2D eigenvalue weighted by Gasteiger charge is 2.64. The quantitative estimate of drug-likeness (QED) is 0.224. The number of hydrogen-bond acceptors (Lipinski definition) is 4. The van der Waals surface area contributed by atoms with Gasteiger partial charge in [-0.05, 0) is 31.9 Å². The van der Waals surface area contributed by atoms with Crippen LogP contribution in [0.1, 0.15) is 27.2 Å². The molecule has 0 heterocycles. The van der Waals surface area contributed by atoms with Crippen molar-refractivity contribution in [3.63, 3.8) is 0 Å². The molecule has 1 amide bonds. The van der Waals surface area contributed by atoms with Crippen LogP contribution >= 0.6 is 0 Å². The molecule has 1 atom stereocenters. The Balaban J connectivity index is 6.00. The number of rotatable bonds is 9. The predicted octanol–water partition coefficient (Wildman–Crippen LogP) is 0.748. The summed E-state index contributed by atoms with van der Waals surface area (Å²) in [6.07, 6.45) is 2.10. The van der Waals surface area contributed by atoms with Crippen LogP contribution < -0.4 is 5.43 Å². The van der Waals surface area contributed by atoms with E-state index in [4.69, 9.17) is 14.3 Å². The van der Waals surface area contributed by atoms with Gasteiger partial charge in [-0.25, -0.2) is 0 Å². The minimum absolute atomic E-state index is 0.267. The standard InChI is InChI=1S/C14H30N2O4Si/c1-8-12(17)15-16(20-7,10-9-11-21)14(18-5,19-6)13(2,3)4/h8H,1,9-11H2,2-7,21H3/p+1. The molecule has 1 N–H and O–H groups in total. The number of hydroxylamine groups is 2. The Morgan fingerprint density at radius 1 is 1.29 bits per heavy atom. The van der Waals surface area contributed by atoms with Crippen molar-refractivity contribution in [2.45, 2.75) is 39.1 Å². The van der Waals surface area contributed by atoms with Crippen LogP contribution in [0.3, 0.4) is 0 Å². The number of carbonyl (C=O) groups excluding carboxylic acids is 1. The maximum atomic E-state index is 11.9. The smallest absolute Gasteiger partial charge is 0.302 e. The van der Waals surface area contributed by atoms with Crippen molar-refractivity contribution in [2.24, 2.45) is 5.41 Å². The number of carbonyl (C=O) groups is 1. The van der Waals surface area contributed by atoms with E-state index in [0.29, 0.717) is 6.54 Å². The third kappa shape index (κ3) is 3.92. The first-order valence-corrected chi connectivity index (χ1v) is 8.60. The fraction of sp³-hybridized carbons (Fsp3) is 0.786. The summed E-state index contributed by atoms with van der Waals surface area (Å²) < 4.78 is 11.2. The molecular weight excluding hydrogens is 288 g/mol. The van der Waals surface area contributed by atoms with Gasteiger partial charge in [0.05, 0.1) is 12.5 Å². The van der Waals surface area contributed by atoms with Crippen LogP contribution in [-0.2, 0) is 19.1 Å². The van der Waals surface area contributed by atoms with E-state index in [1.54, 1.807) is 14.2 Å². The summed E-state index contributed by atoms with van der Waals surface area (Å²) in [5, 5.41) is 0. The van der Waals surface area contributed by atoms with Crippen molar-refractivity contribution in [1.29, 1.82) is 0 Å². The Morgan fingerprint density at radius 2 is 1.81 bits per heavy atom. The van der Waals surface area contributed by atoms with Crippen molar-refractivity contribution in [1.82, 2.24) is 5.43 Å². The predicted molar refractivity (Wildman–Crippen MR) is 86.0 cm³/mol. The molecule has 0 aromatic carbocycles. The Kier molecular flexibility index (Phi) is 7.77. The Hall–Kier alpha value is -0.733. The van der Waals surface area contributed by atoms with Gasteiger partial charge in [-0.2, -0.15) is 10.3 Å². The highest BCUT2D eigenvalue weighted by Crippen LogP contribution is 2.41. The first kappa shape index (κ1) is 20.3. The Bertz CT molecular complexity index is 353. The summed E-state index contributed by atoms with van der Waals surface area (Å²) >= 11 is 0. The molecule has 0 radical (unpaired) electrons. The van der Waals surface area contributed by atoms with Gasteiger partial charge in [-0.15, -0.1) is 0 Å². The molecule has 1 unspecified atom stereocenters. The van der Waals surface area contributed by atoms with Gasteiger partial charge in [-0.3, -0.25) is 4.79 Å². The van der Waals surface area contributed by atoms with E-state index in [1.807, 2.05) is 20.8 Å². The molecular formula is C14H31N2O4Si+. The van der Waals surface area contributed by atoms with Crippen LogP contribution in [0, 0.1) is 5.41 Å². The van der Waals surface area contributed by atoms with Gasteiger partial charge in [0, 0.05) is 30.5 Å². The minimum atomic E-state index is -1.18. The average Bonchev–Trinajstić information content (AvgIpc) is 2.44. The third-order valence-electron chi connectivity index (χ3n) is 3.59. The van der Waals surface area contributed by atoms with E-state index in [-0.39, 0.29) is 10.7 Å². The van der Waals surface area contributed by atoms with Crippen molar-refractivity contribution < 1.29 is 23.9 Å². The molecule has 0 saturated heterocycles. The minimum Gasteiger partial charge on any atom is -0.302 e. The summed E-state index contributed by atoms with van der Waals surface area (Å²) in [7, 11) is 5.73. The van der Waals surface area contributed by atoms with E-state index >= 15 is 0 Å². The van der Waals surface area contributed by atoms with Gasteiger partial charge in [0.15, 0.2) is 0 Å². The Morgan fingerprint density at radius 3 is 2.10 bits per heavy atom. The second-order valence-electron chi connectivity index (χ2n) is 5.92. The highest BCUT2D eigenvalue weighted by atomic mass is 28.1. The maximum absolute atomic E-state index is 11.9. The molecule has 124 valence electrons. The zero-order valence-electron chi connectivity index (χ0n) is 14.5. The molecule has 0 aliphatic heterocycles. The van der Waals surface area contributed by atoms with Gasteiger partial charge >= 0.3 is 5.91 Å². The maximum Gasteiger partial charge on any atom is 0.377 e. The molecule has 0 fully saturated rings. The summed E-state index contributed by atoms with van der Waals surface area (Å²) in [6.45, 7) is 9.98. The van der Waals surface area contributed by atoms with E-state index in [2.05, 4.69) is 12.0 Å². The van der Waals surface area contributed by atoms with Crippen LogP contribution in [0.2, 0.25) is 6.04 Å². The lowest BCUT2D eigenvalue weighted by atomic mass is 9.90. The molecule has 0 spiro atoms. The molecule has 7 heteroatoms. The summed E-state index contributed by atoms with van der Waals surface area (Å²) in [6, 6.07) is 1.08. The average molecular weight is 319 g/mol. The van der Waals surface area contributed by atoms with E-state index < -0.39 is 11.3 Å². The van der Waals surface area contributed by atoms with Crippen LogP contribution in [0.4, 0.5) is 0 Å². The lowest BCUT2D eigenvalue weighted by Gasteiger charge is -2.50. The van der Waals surface area contributed by atoms with E-state index in [9.17, 15) is 4.79 Å². The van der Waals surface area contributed by atoms with Gasteiger partial charge < -0.3 is 9.47 Å². The number of methoxy groups -OCH3 is 2. The number of amides is 1. The fourth-order valence-corrected chi connectivity index (χ4v) is 2.99. The number of hydrogen-bond donors (Lipinski definition) is 1. The van der Waals surface area contributed by atoms with Crippen molar-refractivity contribution in [3.05, 3.63) is 12.7 Å². The largest absolute Gasteiger partial charge is 0.377 e. The molecule has 0 aliphatic rings.